The molecule has 0 aromatic heterocycles. The van der Waals surface area contributed by atoms with Crippen LogP contribution in [-0.4, -0.2) is 27.9 Å². The van der Waals surface area contributed by atoms with Gasteiger partial charge in [0, 0.05) is 11.1 Å². The van der Waals surface area contributed by atoms with Crippen LogP contribution < -0.4 is 9.46 Å². The minimum atomic E-state index is -3.50. The zero-order chi connectivity index (χ0) is 17.6. The highest BCUT2D eigenvalue weighted by Crippen LogP contribution is 2.20. The summed E-state index contributed by atoms with van der Waals surface area (Å²) in [6.45, 7) is 2.44. The van der Waals surface area contributed by atoms with Crippen molar-refractivity contribution in [1.29, 1.82) is 0 Å². The number of nitrogens with one attached hydrogen (secondary N) is 1. The highest BCUT2D eigenvalue weighted by Gasteiger charge is 2.11. The van der Waals surface area contributed by atoms with Crippen molar-refractivity contribution in [2.24, 2.45) is 0 Å². The van der Waals surface area contributed by atoms with Gasteiger partial charge in [-0.3, -0.25) is 4.79 Å². The molecule has 0 fully saturated rings. The molecule has 0 bridgehead atoms. The van der Waals surface area contributed by atoms with Gasteiger partial charge < -0.3 is 4.74 Å². The second-order valence-electron chi connectivity index (χ2n) is 4.90. The van der Waals surface area contributed by atoms with Crippen LogP contribution in [0.25, 0.3) is 6.08 Å². The molecule has 0 unspecified atom stereocenters. The van der Waals surface area contributed by atoms with E-state index in [1.54, 1.807) is 6.08 Å². The van der Waals surface area contributed by atoms with Crippen molar-refractivity contribution < 1.29 is 17.9 Å². The third kappa shape index (κ3) is 4.31. The average molecular weight is 345 g/mol. The molecule has 2 aromatic rings. The lowest BCUT2D eigenvalue weighted by molar-refractivity contribution is 0.104. The van der Waals surface area contributed by atoms with Crippen molar-refractivity contribution >= 4 is 21.9 Å². The Morgan fingerprint density at radius 2 is 1.79 bits per heavy atom. The number of hydrogen-bond acceptors (Lipinski definition) is 4. The molecular formula is C18H19NO4S. The molecule has 5 nitrogen and oxygen atoms in total. The molecule has 0 amide bonds. The van der Waals surface area contributed by atoms with Crippen molar-refractivity contribution in [3.05, 3.63) is 65.7 Å². The molecule has 0 atom stereocenters. The fraction of sp³-hybridized carbons (Fsp3) is 0.167. The molecule has 1 N–H and O–H groups in total. The van der Waals surface area contributed by atoms with E-state index in [2.05, 4.69) is 4.72 Å². The van der Waals surface area contributed by atoms with Gasteiger partial charge in [-0.2, -0.15) is 0 Å². The number of hydrogen-bond donors (Lipinski definition) is 1. The summed E-state index contributed by atoms with van der Waals surface area (Å²) in [6, 6.07) is 13.2. The summed E-state index contributed by atoms with van der Waals surface area (Å²) in [5.41, 5.74) is 1.22. The van der Waals surface area contributed by atoms with Crippen molar-refractivity contribution in [2.45, 2.75) is 11.8 Å². The molecular weight excluding hydrogens is 326 g/mol. The number of ether oxygens (including phenoxy) is 1. The third-order valence-electron chi connectivity index (χ3n) is 3.35. The molecule has 126 valence electrons. The molecule has 0 radical (unpaired) electrons. The van der Waals surface area contributed by atoms with Gasteiger partial charge >= 0.3 is 0 Å². The molecule has 0 saturated carbocycles. The quantitative estimate of drug-likeness (QED) is 0.619. The highest BCUT2D eigenvalue weighted by molar-refractivity contribution is 7.89. The lowest BCUT2D eigenvalue weighted by Gasteiger charge is -2.06. The first-order valence-corrected chi connectivity index (χ1v) is 8.94. The summed E-state index contributed by atoms with van der Waals surface area (Å²) in [4.78, 5) is 12.3. The van der Waals surface area contributed by atoms with E-state index < -0.39 is 10.0 Å². The maximum Gasteiger partial charge on any atom is 0.240 e. The highest BCUT2D eigenvalue weighted by atomic mass is 32.2. The zero-order valence-corrected chi connectivity index (χ0v) is 14.3. The Labute approximate surface area is 142 Å². The van der Waals surface area contributed by atoms with E-state index in [9.17, 15) is 13.2 Å². The SMILES string of the molecule is CCOc1ccccc1/C=C/C(=O)c1ccc(S(=O)(=O)NC)cc1. The Kier molecular flexibility index (Phi) is 5.89. The number of sulfonamides is 1. The second-order valence-corrected chi connectivity index (χ2v) is 6.79. The van der Waals surface area contributed by atoms with Crippen LogP contribution in [0.3, 0.4) is 0 Å². The summed E-state index contributed by atoms with van der Waals surface area (Å²) in [6.07, 6.45) is 3.13. The van der Waals surface area contributed by atoms with E-state index in [4.69, 9.17) is 4.74 Å². The van der Waals surface area contributed by atoms with Crippen molar-refractivity contribution in [2.75, 3.05) is 13.7 Å². The molecule has 6 heteroatoms. The second kappa shape index (κ2) is 7.90. The van der Waals surface area contributed by atoms with Gasteiger partial charge in [-0.15, -0.1) is 0 Å². The van der Waals surface area contributed by atoms with Gasteiger partial charge in [0.15, 0.2) is 5.78 Å². The van der Waals surface area contributed by atoms with Crippen molar-refractivity contribution in [1.82, 2.24) is 4.72 Å². The summed E-state index contributed by atoms with van der Waals surface area (Å²) >= 11 is 0. The number of para-hydroxylation sites is 1. The van der Waals surface area contributed by atoms with Crippen LogP contribution in [0, 0.1) is 0 Å². The van der Waals surface area contributed by atoms with E-state index >= 15 is 0 Å². The molecule has 0 aliphatic rings. The van der Waals surface area contributed by atoms with E-state index in [0.29, 0.717) is 17.9 Å². The van der Waals surface area contributed by atoms with E-state index in [1.807, 2.05) is 31.2 Å². The Hall–Kier alpha value is -2.44. The minimum Gasteiger partial charge on any atom is -0.493 e. The Morgan fingerprint density at radius 1 is 1.12 bits per heavy atom. The van der Waals surface area contributed by atoms with Gasteiger partial charge in [0.05, 0.1) is 11.5 Å². The first kappa shape index (κ1) is 17.9. The van der Waals surface area contributed by atoms with Crippen LogP contribution in [0.2, 0.25) is 0 Å². The number of ketones is 1. The molecule has 2 rings (SSSR count). The van der Waals surface area contributed by atoms with Gasteiger partial charge in [0.25, 0.3) is 0 Å². The van der Waals surface area contributed by atoms with Crippen LogP contribution in [-0.2, 0) is 10.0 Å². The summed E-state index contributed by atoms with van der Waals surface area (Å²) in [5.74, 6) is 0.495. The third-order valence-corrected chi connectivity index (χ3v) is 4.78. The fourth-order valence-corrected chi connectivity index (χ4v) is 2.81. The van der Waals surface area contributed by atoms with Gasteiger partial charge in [-0.1, -0.05) is 18.2 Å². The van der Waals surface area contributed by atoms with Crippen LogP contribution >= 0.6 is 0 Å². The topological polar surface area (TPSA) is 72.5 Å². The molecule has 0 heterocycles. The first-order chi connectivity index (χ1) is 11.5. The largest absolute Gasteiger partial charge is 0.493 e. The van der Waals surface area contributed by atoms with Gasteiger partial charge in [0.2, 0.25) is 10.0 Å². The van der Waals surface area contributed by atoms with Crippen molar-refractivity contribution in [3.63, 3.8) is 0 Å². The number of benzene rings is 2. The zero-order valence-electron chi connectivity index (χ0n) is 13.5. The smallest absolute Gasteiger partial charge is 0.240 e. The van der Waals surface area contributed by atoms with Gasteiger partial charge in [-0.25, -0.2) is 13.1 Å². The number of carbonyl (C=O) groups excluding carboxylic acids is 1. The van der Waals surface area contributed by atoms with Crippen LogP contribution in [0.1, 0.15) is 22.8 Å². The maximum atomic E-state index is 12.2. The van der Waals surface area contributed by atoms with E-state index in [-0.39, 0.29) is 10.7 Å². The monoisotopic (exact) mass is 345 g/mol. The average Bonchev–Trinajstić information content (AvgIpc) is 2.61. The normalized spacial score (nSPS) is 11.6. The van der Waals surface area contributed by atoms with Crippen LogP contribution in [0.5, 0.6) is 5.75 Å². The van der Waals surface area contributed by atoms with Crippen molar-refractivity contribution in [3.8, 4) is 5.75 Å². The number of rotatable bonds is 7. The minimum absolute atomic E-state index is 0.118. The van der Waals surface area contributed by atoms with Crippen LogP contribution in [0.4, 0.5) is 0 Å². The fourth-order valence-electron chi connectivity index (χ4n) is 2.08. The Bertz CT molecular complexity index is 840. The molecule has 24 heavy (non-hydrogen) atoms. The first-order valence-electron chi connectivity index (χ1n) is 7.46. The molecule has 0 aliphatic heterocycles. The lowest BCUT2D eigenvalue weighted by Crippen LogP contribution is -2.18. The standard InChI is InChI=1S/C18H19NO4S/c1-3-23-18-7-5-4-6-15(18)10-13-17(20)14-8-11-16(12-9-14)24(21,22)19-2/h4-13,19H,3H2,1-2H3/b13-10+. The van der Waals surface area contributed by atoms with E-state index in [1.165, 1.54) is 37.4 Å². The number of allylic oxidation sites excluding steroid dienone is 1. The maximum absolute atomic E-state index is 12.2. The van der Waals surface area contributed by atoms with Crippen LogP contribution in [0.15, 0.2) is 59.5 Å². The molecule has 0 spiro atoms. The Balaban J connectivity index is 2.18. The Morgan fingerprint density at radius 3 is 2.42 bits per heavy atom. The molecule has 0 aliphatic carbocycles. The number of carbonyl (C=O) groups is 1. The van der Waals surface area contributed by atoms with E-state index in [0.717, 1.165) is 5.56 Å². The summed E-state index contributed by atoms with van der Waals surface area (Å²) in [5, 5.41) is 0. The predicted octanol–water partition coefficient (Wildman–Crippen LogP) is 2.89. The van der Waals surface area contributed by atoms with Gasteiger partial charge in [0.1, 0.15) is 5.75 Å². The predicted molar refractivity (Wildman–Crippen MR) is 93.7 cm³/mol. The molecule has 2 aromatic carbocycles. The molecule has 0 saturated heterocycles. The summed E-state index contributed by atoms with van der Waals surface area (Å²) < 4.78 is 31.1. The summed E-state index contributed by atoms with van der Waals surface area (Å²) in [7, 11) is -2.16. The lowest BCUT2D eigenvalue weighted by atomic mass is 10.1. The van der Waals surface area contributed by atoms with Gasteiger partial charge in [-0.05, 0) is 56.5 Å².